The molecule has 2 aromatic carbocycles. The van der Waals surface area contributed by atoms with Gasteiger partial charge < -0.3 is 4.74 Å². The van der Waals surface area contributed by atoms with E-state index in [1.54, 1.807) is 45.0 Å². The summed E-state index contributed by atoms with van der Waals surface area (Å²) in [6.45, 7) is 5.21. The number of ether oxygens (including phenoxy) is 1. The predicted molar refractivity (Wildman–Crippen MR) is 94.6 cm³/mol. The highest BCUT2D eigenvalue weighted by Crippen LogP contribution is 2.36. The number of rotatable bonds is 1. The Morgan fingerprint density at radius 1 is 0.960 bits per heavy atom. The van der Waals surface area contributed by atoms with E-state index in [4.69, 9.17) is 16.3 Å². The van der Waals surface area contributed by atoms with E-state index in [0.29, 0.717) is 11.1 Å². The van der Waals surface area contributed by atoms with Crippen LogP contribution in [0.5, 0.6) is 0 Å². The zero-order valence-electron chi connectivity index (χ0n) is 14.0. The Labute approximate surface area is 149 Å². The Bertz CT molecular complexity index is 912. The highest BCUT2D eigenvalue weighted by molar-refractivity contribution is 6.41. The minimum Gasteiger partial charge on any atom is -0.444 e. The van der Waals surface area contributed by atoms with Crippen LogP contribution in [0.4, 0.5) is 10.5 Å². The molecule has 0 unspecified atom stereocenters. The summed E-state index contributed by atoms with van der Waals surface area (Å²) in [5.74, 6) is -0.612. The average Bonchev–Trinajstić information content (AvgIpc) is 2.52. The molecular weight excluding hydrogens is 342 g/mol. The van der Waals surface area contributed by atoms with Gasteiger partial charge in [0.25, 0.3) is 0 Å². The van der Waals surface area contributed by atoms with E-state index in [9.17, 15) is 14.4 Å². The predicted octanol–water partition coefficient (Wildman–Crippen LogP) is 4.46. The van der Waals surface area contributed by atoms with Crippen LogP contribution in [0.15, 0.2) is 36.4 Å². The van der Waals surface area contributed by atoms with Crippen LogP contribution in [0.25, 0.3) is 0 Å². The number of hydrogen-bond donors (Lipinski definition) is 1. The molecule has 25 heavy (non-hydrogen) atoms. The maximum absolute atomic E-state index is 12.8. The lowest BCUT2D eigenvalue weighted by Crippen LogP contribution is -2.28. The second kappa shape index (κ2) is 6.01. The van der Waals surface area contributed by atoms with Crippen LogP contribution >= 0.6 is 11.6 Å². The molecule has 0 heterocycles. The average molecular weight is 358 g/mol. The van der Waals surface area contributed by atoms with Gasteiger partial charge in [-0.15, -0.1) is 0 Å². The van der Waals surface area contributed by atoms with E-state index in [2.05, 4.69) is 5.32 Å². The van der Waals surface area contributed by atoms with Gasteiger partial charge >= 0.3 is 6.09 Å². The van der Waals surface area contributed by atoms with Crippen molar-refractivity contribution in [2.45, 2.75) is 26.4 Å². The van der Waals surface area contributed by atoms with Gasteiger partial charge in [0.05, 0.1) is 16.3 Å². The number of nitrogens with one attached hydrogen (secondary N) is 1. The summed E-state index contributed by atoms with van der Waals surface area (Å²) < 4.78 is 5.18. The third kappa shape index (κ3) is 3.15. The zero-order chi connectivity index (χ0) is 18.4. The zero-order valence-corrected chi connectivity index (χ0v) is 14.7. The topological polar surface area (TPSA) is 72.5 Å². The quantitative estimate of drug-likeness (QED) is 0.697. The first-order valence-corrected chi connectivity index (χ1v) is 8.08. The van der Waals surface area contributed by atoms with Gasteiger partial charge in [-0.05, 0) is 32.9 Å². The maximum Gasteiger partial charge on any atom is 0.412 e. The van der Waals surface area contributed by atoms with Crippen LogP contribution in [0.2, 0.25) is 5.02 Å². The fourth-order valence-corrected chi connectivity index (χ4v) is 2.95. The number of hydrogen-bond acceptors (Lipinski definition) is 4. The summed E-state index contributed by atoms with van der Waals surface area (Å²) in [5, 5.41) is 2.54. The van der Waals surface area contributed by atoms with Crippen LogP contribution in [-0.4, -0.2) is 23.3 Å². The number of carbonyl (C=O) groups is 3. The monoisotopic (exact) mass is 357 g/mol. The first kappa shape index (κ1) is 17.2. The second-order valence-corrected chi connectivity index (χ2v) is 7.06. The summed E-state index contributed by atoms with van der Waals surface area (Å²) in [4.78, 5) is 37.3. The number of fused-ring (bicyclic) bond motifs is 2. The van der Waals surface area contributed by atoms with Gasteiger partial charge in [-0.3, -0.25) is 14.9 Å². The van der Waals surface area contributed by atoms with Gasteiger partial charge in [-0.1, -0.05) is 35.9 Å². The van der Waals surface area contributed by atoms with Crippen molar-refractivity contribution in [2.24, 2.45) is 0 Å². The van der Waals surface area contributed by atoms with Gasteiger partial charge in [0, 0.05) is 16.7 Å². The fourth-order valence-electron chi connectivity index (χ4n) is 2.66. The number of carbonyl (C=O) groups excluding carboxylic acids is 3. The second-order valence-electron chi connectivity index (χ2n) is 6.68. The molecule has 5 nitrogen and oxygen atoms in total. The summed E-state index contributed by atoms with van der Waals surface area (Å²) in [6.07, 6.45) is -0.690. The van der Waals surface area contributed by atoms with E-state index in [-0.39, 0.29) is 33.4 Å². The van der Waals surface area contributed by atoms with Crippen molar-refractivity contribution < 1.29 is 19.1 Å². The molecule has 0 atom stereocenters. The molecule has 0 aromatic heterocycles. The van der Waals surface area contributed by atoms with E-state index in [1.165, 1.54) is 12.1 Å². The molecule has 3 rings (SSSR count). The van der Waals surface area contributed by atoms with Crippen LogP contribution in [0.3, 0.4) is 0 Å². The minimum absolute atomic E-state index is 0.0243. The molecule has 1 aliphatic rings. The van der Waals surface area contributed by atoms with Crippen molar-refractivity contribution in [3.05, 3.63) is 63.7 Å². The molecule has 1 N–H and O–H groups in total. The van der Waals surface area contributed by atoms with Crippen LogP contribution in [0.1, 0.15) is 52.6 Å². The minimum atomic E-state index is -0.690. The van der Waals surface area contributed by atoms with Gasteiger partial charge in [-0.2, -0.15) is 0 Å². The van der Waals surface area contributed by atoms with Crippen molar-refractivity contribution in [3.8, 4) is 0 Å². The fraction of sp³-hybridized carbons (Fsp3) is 0.211. The summed E-state index contributed by atoms with van der Waals surface area (Å²) in [6, 6.07) is 9.57. The Hall–Kier alpha value is -2.66. The molecule has 1 amide bonds. The lowest BCUT2D eigenvalue weighted by molar-refractivity contribution is 0.0635. The maximum atomic E-state index is 12.8. The number of anilines is 1. The molecule has 0 radical (unpaired) electrons. The lowest BCUT2D eigenvalue weighted by atomic mass is 9.84. The Kier molecular flexibility index (Phi) is 4.13. The van der Waals surface area contributed by atoms with Crippen molar-refractivity contribution in [1.82, 2.24) is 0 Å². The molecule has 6 heteroatoms. The highest BCUT2D eigenvalue weighted by Gasteiger charge is 2.32. The van der Waals surface area contributed by atoms with E-state index in [1.807, 2.05) is 0 Å². The number of benzene rings is 2. The third-order valence-electron chi connectivity index (χ3n) is 3.67. The van der Waals surface area contributed by atoms with E-state index < -0.39 is 11.7 Å². The lowest BCUT2D eigenvalue weighted by Gasteiger charge is -2.22. The van der Waals surface area contributed by atoms with Crippen molar-refractivity contribution in [2.75, 3.05) is 5.32 Å². The summed E-state index contributed by atoms with van der Waals surface area (Å²) in [7, 11) is 0. The largest absolute Gasteiger partial charge is 0.444 e. The van der Waals surface area contributed by atoms with E-state index >= 15 is 0 Å². The third-order valence-corrected chi connectivity index (χ3v) is 4.06. The summed E-state index contributed by atoms with van der Waals surface area (Å²) >= 11 is 6.33. The standard InChI is InChI=1S/C19H16ClNO4/c1-19(2,3)25-18(24)21-13-9-8-12-14(15(13)20)17(23)11-7-5-4-6-10(11)16(12)22/h4-9H,1-3H3,(H,21,24). The van der Waals surface area contributed by atoms with Gasteiger partial charge in [0.15, 0.2) is 11.6 Å². The van der Waals surface area contributed by atoms with Gasteiger partial charge in [-0.25, -0.2) is 4.79 Å². The normalized spacial score (nSPS) is 13.1. The molecule has 128 valence electrons. The van der Waals surface area contributed by atoms with Crippen molar-refractivity contribution in [1.29, 1.82) is 0 Å². The van der Waals surface area contributed by atoms with Crippen LogP contribution in [-0.2, 0) is 4.74 Å². The molecule has 0 fully saturated rings. The Morgan fingerprint density at radius 2 is 1.56 bits per heavy atom. The van der Waals surface area contributed by atoms with Gasteiger partial charge in [0.2, 0.25) is 0 Å². The first-order chi connectivity index (χ1) is 11.7. The molecule has 1 aliphatic carbocycles. The van der Waals surface area contributed by atoms with Crippen molar-refractivity contribution >= 4 is 34.9 Å². The summed E-state index contributed by atoms with van der Waals surface area (Å²) in [5.41, 5.74) is 0.521. The number of amides is 1. The number of halogens is 1. The Balaban J connectivity index is 2.01. The van der Waals surface area contributed by atoms with Crippen LogP contribution < -0.4 is 5.32 Å². The molecule has 0 spiro atoms. The van der Waals surface area contributed by atoms with Gasteiger partial charge in [0.1, 0.15) is 5.60 Å². The number of ketones is 2. The van der Waals surface area contributed by atoms with Crippen LogP contribution in [0, 0.1) is 0 Å². The first-order valence-electron chi connectivity index (χ1n) is 7.70. The Morgan fingerprint density at radius 3 is 2.16 bits per heavy atom. The molecule has 0 bridgehead atoms. The SMILES string of the molecule is CC(C)(C)OC(=O)Nc1ccc2c(c1Cl)C(=O)c1ccccc1C2=O. The molecule has 0 aliphatic heterocycles. The highest BCUT2D eigenvalue weighted by atomic mass is 35.5. The molecule has 0 saturated heterocycles. The van der Waals surface area contributed by atoms with E-state index in [0.717, 1.165) is 0 Å². The molecule has 0 saturated carbocycles. The van der Waals surface area contributed by atoms with Crippen molar-refractivity contribution in [3.63, 3.8) is 0 Å². The molecule has 2 aromatic rings. The molecular formula is C19H16ClNO4. The smallest absolute Gasteiger partial charge is 0.412 e.